The van der Waals surface area contributed by atoms with Crippen LogP contribution in [0, 0.1) is 12.8 Å². The summed E-state index contributed by atoms with van der Waals surface area (Å²) in [5, 5.41) is 4.52. The van der Waals surface area contributed by atoms with E-state index in [-0.39, 0.29) is 11.8 Å². The summed E-state index contributed by atoms with van der Waals surface area (Å²) in [6.45, 7) is 3.57. The fourth-order valence-corrected chi connectivity index (χ4v) is 4.69. The molecule has 1 atom stereocenters. The molecule has 1 N–H and O–H groups in total. The summed E-state index contributed by atoms with van der Waals surface area (Å²) >= 11 is 7.54. The molecule has 0 saturated carbocycles. The van der Waals surface area contributed by atoms with E-state index >= 15 is 0 Å². The van der Waals surface area contributed by atoms with Crippen molar-refractivity contribution in [2.45, 2.75) is 29.7 Å². The van der Waals surface area contributed by atoms with E-state index in [9.17, 15) is 4.79 Å². The Bertz CT molecular complexity index is 1030. The maximum Gasteiger partial charge on any atom is 0.229 e. The second-order valence-corrected chi connectivity index (χ2v) is 8.88. The first-order valence-corrected chi connectivity index (χ1v) is 11.1. The van der Waals surface area contributed by atoms with Crippen molar-refractivity contribution in [2.24, 2.45) is 5.92 Å². The lowest BCUT2D eigenvalue weighted by molar-refractivity contribution is -0.120. The summed E-state index contributed by atoms with van der Waals surface area (Å²) < 4.78 is 0. The first kappa shape index (κ1) is 20.7. The quantitative estimate of drug-likeness (QED) is 0.574. The van der Waals surface area contributed by atoms with Crippen molar-refractivity contribution in [3.8, 4) is 0 Å². The summed E-state index contributed by atoms with van der Waals surface area (Å²) in [5.74, 6) is 0.764. The topological polar surface area (TPSA) is 58.1 Å². The van der Waals surface area contributed by atoms with E-state index in [0.29, 0.717) is 11.6 Å². The molecule has 1 aliphatic heterocycles. The maximum absolute atomic E-state index is 12.8. The predicted molar refractivity (Wildman–Crippen MR) is 122 cm³/mol. The molecule has 3 aromatic rings. The minimum Gasteiger partial charge on any atom is -0.354 e. The van der Waals surface area contributed by atoms with Crippen LogP contribution in [0.25, 0.3) is 0 Å². The molecule has 0 bridgehead atoms. The molecule has 2 aromatic carbocycles. The Morgan fingerprint density at radius 1 is 1.17 bits per heavy atom. The number of anilines is 2. The molecule has 5 nitrogen and oxygen atoms in total. The normalized spacial score (nSPS) is 16.3. The van der Waals surface area contributed by atoms with Crippen LogP contribution in [-0.2, 0) is 4.79 Å². The molecule has 1 amide bonds. The number of aryl methyl sites for hydroxylation is 1. The van der Waals surface area contributed by atoms with Gasteiger partial charge in [0.05, 0.1) is 5.92 Å². The van der Waals surface area contributed by atoms with Gasteiger partial charge in [0.1, 0.15) is 5.03 Å². The van der Waals surface area contributed by atoms with Gasteiger partial charge in [-0.1, -0.05) is 41.1 Å². The average Bonchev–Trinajstić information content (AvgIpc) is 2.76. The molecule has 0 spiro atoms. The van der Waals surface area contributed by atoms with Crippen LogP contribution >= 0.6 is 23.4 Å². The van der Waals surface area contributed by atoms with E-state index in [4.69, 9.17) is 11.6 Å². The van der Waals surface area contributed by atoms with Gasteiger partial charge in [0.25, 0.3) is 0 Å². The molecule has 1 aromatic heterocycles. The second-order valence-electron chi connectivity index (χ2n) is 7.38. The van der Waals surface area contributed by atoms with Gasteiger partial charge in [-0.3, -0.25) is 4.79 Å². The molecular weight excluding hydrogens is 416 g/mol. The van der Waals surface area contributed by atoms with Crippen LogP contribution in [0.4, 0.5) is 11.5 Å². The second kappa shape index (κ2) is 9.49. The van der Waals surface area contributed by atoms with Crippen molar-refractivity contribution in [3.05, 3.63) is 71.5 Å². The number of rotatable bonds is 5. The Morgan fingerprint density at radius 3 is 2.77 bits per heavy atom. The molecule has 154 valence electrons. The third kappa shape index (κ3) is 5.12. The molecule has 1 fully saturated rings. The average molecular weight is 439 g/mol. The van der Waals surface area contributed by atoms with Gasteiger partial charge in [-0.15, -0.1) is 0 Å². The molecule has 0 aliphatic carbocycles. The third-order valence-corrected chi connectivity index (χ3v) is 6.28. The summed E-state index contributed by atoms with van der Waals surface area (Å²) in [5.41, 5.74) is 1.97. The number of nitrogens with zero attached hydrogens (tertiary/aromatic N) is 3. The monoisotopic (exact) mass is 438 g/mol. The first-order chi connectivity index (χ1) is 14.6. The summed E-state index contributed by atoms with van der Waals surface area (Å²) in [4.78, 5) is 25.3. The highest BCUT2D eigenvalue weighted by Crippen LogP contribution is 2.34. The summed E-state index contributed by atoms with van der Waals surface area (Å²) in [6, 6.07) is 15.5. The highest BCUT2D eigenvalue weighted by Gasteiger charge is 2.28. The number of carbonyl (C=O) groups is 1. The van der Waals surface area contributed by atoms with Crippen LogP contribution in [0.1, 0.15) is 18.4 Å². The smallest absolute Gasteiger partial charge is 0.229 e. The number of carbonyl (C=O) groups excluding carboxylic acids is 1. The van der Waals surface area contributed by atoms with Crippen LogP contribution in [0.15, 0.2) is 70.8 Å². The van der Waals surface area contributed by atoms with Gasteiger partial charge in [0, 0.05) is 41.1 Å². The minimum absolute atomic E-state index is 0.0267. The Balaban J connectivity index is 1.48. The Labute approximate surface area is 185 Å². The zero-order valence-electron chi connectivity index (χ0n) is 16.7. The van der Waals surface area contributed by atoms with Crippen molar-refractivity contribution in [2.75, 3.05) is 23.3 Å². The fourth-order valence-electron chi connectivity index (χ4n) is 3.56. The number of amides is 1. The van der Waals surface area contributed by atoms with Crippen LogP contribution in [0.2, 0.25) is 5.02 Å². The number of nitrogens with one attached hydrogen (secondary N) is 1. The van der Waals surface area contributed by atoms with E-state index in [0.717, 1.165) is 40.8 Å². The van der Waals surface area contributed by atoms with E-state index in [1.807, 2.05) is 18.2 Å². The van der Waals surface area contributed by atoms with Crippen LogP contribution in [-0.4, -0.2) is 29.0 Å². The lowest BCUT2D eigenvalue weighted by Gasteiger charge is -2.33. The number of hydrogen-bond acceptors (Lipinski definition) is 5. The molecule has 7 heteroatoms. The number of hydrogen-bond donors (Lipinski definition) is 1. The predicted octanol–water partition coefficient (Wildman–Crippen LogP) is 5.44. The molecule has 0 radical (unpaired) electrons. The first-order valence-electron chi connectivity index (χ1n) is 9.95. The highest BCUT2D eigenvalue weighted by atomic mass is 35.5. The SMILES string of the molecule is Cc1cccc(Sc2nccnc2N2CCCC(C(=O)Nc3ccc(Cl)cc3)C2)c1. The number of halogens is 1. The largest absolute Gasteiger partial charge is 0.354 e. The minimum atomic E-state index is -0.103. The Hall–Kier alpha value is -2.57. The van der Waals surface area contributed by atoms with E-state index < -0.39 is 0 Å². The number of benzene rings is 2. The summed E-state index contributed by atoms with van der Waals surface area (Å²) in [6.07, 6.45) is 5.23. The Morgan fingerprint density at radius 2 is 1.97 bits per heavy atom. The lowest BCUT2D eigenvalue weighted by Crippen LogP contribution is -2.41. The van der Waals surface area contributed by atoms with E-state index in [2.05, 4.69) is 45.3 Å². The van der Waals surface area contributed by atoms with Gasteiger partial charge in [-0.05, 0) is 56.2 Å². The van der Waals surface area contributed by atoms with Crippen LogP contribution in [0.3, 0.4) is 0 Å². The van der Waals surface area contributed by atoms with Crippen LogP contribution in [0.5, 0.6) is 0 Å². The fraction of sp³-hybridized carbons (Fsp3) is 0.261. The van der Waals surface area contributed by atoms with Crippen LogP contribution < -0.4 is 10.2 Å². The molecule has 2 heterocycles. The van der Waals surface area contributed by atoms with Gasteiger partial charge < -0.3 is 10.2 Å². The van der Waals surface area contributed by atoms with Gasteiger partial charge in [0.2, 0.25) is 5.91 Å². The molecule has 4 rings (SSSR count). The number of aromatic nitrogens is 2. The van der Waals surface area contributed by atoms with Gasteiger partial charge in [-0.25, -0.2) is 9.97 Å². The summed E-state index contributed by atoms with van der Waals surface area (Å²) in [7, 11) is 0. The maximum atomic E-state index is 12.8. The lowest BCUT2D eigenvalue weighted by atomic mass is 9.97. The van der Waals surface area contributed by atoms with E-state index in [1.54, 1.807) is 36.3 Å². The molecular formula is C23H23ClN4OS. The molecule has 30 heavy (non-hydrogen) atoms. The number of piperidine rings is 1. The standard InChI is InChI=1S/C23H23ClN4OS/c1-16-4-2-6-20(14-16)30-23-21(25-11-12-26-23)28-13-3-5-17(15-28)22(29)27-19-9-7-18(24)8-10-19/h2,4,6-12,14,17H,3,5,13,15H2,1H3,(H,27,29). The highest BCUT2D eigenvalue weighted by molar-refractivity contribution is 7.99. The van der Waals surface area contributed by atoms with Crippen molar-refractivity contribution in [1.29, 1.82) is 0 Å². The molecule has 1 aliphatic rings. The Kier molecular flexibility index (Phi) is 6.55. The third-order valence-electron chi connectivity index (χ3n) is 5.05. The van der Waals surface area contributed by atoms with E-state index in [1.165, 1.54) is 5.56 Å². The molecule has 1 saturated heterocycles. The molecule has 1 unspecified atom stereocenters. The van der Waals surface area contributed by atoms with Gasteiger partial charge >= 0.3 is 0 Å². The van der Waals surface area contributed by atoms with Crippen molar-refractivity contribution in [3.63, 3.8) is 0 Å². The van der Waals surface area contributed by atoms with Gasteiger partial charge in [-0.2, -0.15) is 0 Å². The zero-order chi connectivity index (χ0) is 20.9. The zero-order valence-corrected chi connectivity index (χ0v) is 18.3. The van der Waals surface area contributed by atoms with Gasteiger partial charge in [0.15, 0.2) is 5.82 Å². The van der Waals surface area contributed by atoms with Crippen molar-refractivity contribution < 1.29 is 4.79 Å². The van der Waals surface area contributed by atoms with Crippen molar-refractivity contribution in [1.82, 2.24) is 9.97 Å². The van der Waals surface area contributed by atoms with Crippen molar-refractivity contribution >= 4 is 40.8 Å².